The van der Waals surface area contributed by atoms with E-state index in [-0.39, 0.29) is 0 Å². The lowest BCUT2D eigenvalue weighted by Gasteiger charge is -1.97. The van der Waals surface area contributed by atoms with E-state index in [0.717, 1.165) is 23.3 Å². The SMILES string of the molecule is Cc1nc2cccc(CCC#N)c2[nH]1. The van der Waals surface area contributed by atoms with Crippen molar-refractivity contribution in [3.05, 3.63) is 29.6 Å². The molecule has 1 heterocycles. The molecule has 0 aliphatic rings. The first kappa shape index (κ1) is 8.76. The number of nitrogens with zero attached hydrogens (tertiary/aromatic N) is 2. The molecule has 0 unspecified atom stereocenters. The Morgan fingerprint density at radius 1 is 1.50 bits per heavy atom. The summed E-state index contributed by atoms with van der Waals surface area (Å²) in [6.45, 7) is 1.94. The molecule has 0 atom stereocenters. The molecule has 3 nitrogen and oxygen atoms in total. The summed E-state index contributed by atoms with van der Waals surface area (Å²) in [7, 11) is 0. The van der Waals surface area contributed by atoms with Crippen molar-refractivity contribution in [2.45, 2.75) is 19.8 Å². The molecular formula is C11H11N3. The first-order valence-electron chi connectivity index (χ1n) is 4.62. The first-order valence-corrected chi connectivity index (χ1v) is 4.62. The molecule has 0 saturated heterocycles. The number of hydrogen-bond donors (Lipinski definition) is 1. The van der Waals surface area contributed by atoms with Crippen LogP contribution in [0.2, 0.25) is 0 Å². The molecule has 0 bridgehead atoms. The number of para-hydroxylation sites is 1. The molecule has 1 aromatic carbocycles. The standard InChI is InChI=1S/C11H11N3/c1-8-13-10-6-2-4-9(5-3-7-12)11(10)14-8/h2,4,6H,3,5H2,1H3,(H,13,14). The van der Waals surface area contributed by atoms with E-state index in [1.54, 1.807) is 0 Å². The third-order valence-electron chi connectivity index (χ3n) is 2.23. The van der Waals surface area contributed by atoms with Gasteiger partial charge in [0.05, 0.1) is 17.1 Å². The molecule has 1 N–H and O–H groups in total. The largest absolute Gasteiger partial charge is 0.342 e. The lowest BCUT2D eigenvalue weighted by atomic mass is 10.1. The minimum absolute atomic E-state index is 0.553. The number of nitrogens with one attached hydrogen (secondary N) is 1. The van der Waals surface area contributed by atoms with Gasteiger partial charge in [-0.1, -0.05) is 12.1 Å². The molecule has 2 aromatic rings. The highest BCUT2D eigenvalue weighted by Gasteiger charge is 2.03. The molecule has 0 aliphatic heterocycles. The average molecular weight is 185 g/mol. The van der Waals surface area contributed by atoms with Crippen LogP contribution in [0.5, 0.6) is 0 Å². The number of aryl methyl sites for hydroxylation is 2. The van der Waals surface area contributed by atoms with Crippen LogP contribution < -0.4 is 0 Å². The van der Waals surface area contributed by atoms with Crippen LogP contribution in [0, 0.1) is 18.3 Å². The van der Waals surface area contributed by atoms with E-state index in [4.69, 9.17) is 5.26 Å². The van der Waals surface area contributed by atoms with Gasteiger partial charge in [0.15, 0.2) is 0 Å². The average Bonchev–Trinajstić information content (AvgIpc) is 2.55. The molecular weight excluding hydrogens is 174 g/mol. The van der Waals surface area contributed by atoms with E-state index in [9.17, 15) is 0 Å². The first-order chi connectivity index (χ1) is 6.81. The van der Waals surface area contributed by atoms with Crippen LogP contribution in [-0.2, 0) is 6.42 Å². The second-order valence-corrected chi connectivity index (χ2v) is 3.29. The zero-order valence-electron chi connectivity index (χ0n) is 8.04. The van der Waals surface area contributed by atoms with Gasteiger partial charge in [-0.15, -0.1) is 0 Å². The number of fused-ring (bicyclic) bond motifs is 1. The fraction of sp³-hybridized carbons (Fsp3) is 0.273. The zero-order chi connectivity index (χ0) is 9.97. The van der Waals surface area contributed by atoms with Gasteiger partial charge in [-0.3, -0.25) is 0 Å². The quantitative estimate of drug-likeness (QED) is 0.780. The maximum atomic E-state index is 8.53. The van der Waals surface area contributed by atoms with Crippen molar-refractivity contribution >= 4 is 11.0 Å². The molecule has 0 radical (unpaired) electrons. The van der Waals surface area contributed by atoms with Gasteiger partial charge in [0, 0.05) is 6.42 Å². The lowest BCUT2D eigenvalue weighted by molar-refractivity contribution is 1.02. The van der Waals surface area contributed by atoms with E-state index in [2.05, 4.69) is 16.0 Å². The van der Waals surface area contributed by atoms with Crippen molar-refractivity contribution < 1.29 is 0 Å². The van der Waals surface area contributed by atoms with Crippen molar-refractivity contribution in [2.24, 2.45) is 0 Å². The van der Waals surface area contributed by atoms with Crippen molar-refractivity contribution in [2.75, 3.05) is 0 Å². The number of hydrogen-bond acceptors (Lipinski definition) is 2. The smallest absolute Gasteiger partial charge is 0.104 e. The van der Waals surface area contributed by atoms with Gasteiger partial charge in [-0.2, -0.15) is 5.26 Å². The molecule has 1 aromatic heterocycles. The molecule has 2 rings (SSSR count). The second kappa shape index (κ2) is 3.51. The summed E-state index contributed by atoms with van der Waals surface area (Å²) in [5.41, 5.74) is 3.22. The summed E-state index contributed by atoms with van der Waals surface area (Å²) < 4.78 is 0. The maximum Gasteiger partial charge on any atom is 0.104 e. The molecule has 3 heteroatoms. The van der Waals surface area contributed by atoms with E-state index in [1.165, 1.54) is 5.56 Å². The number of H-pyrrole nitrogens is 1. The normalized spacial score (nSPS) is 10.3. The molecule has 70 valence electrons. The van der Waals surface area contributed by atoms with E-state index in [0.29, 0.717) is 6.42 Å². The van der Waals surface area contributed by atoms with Crippen LogP contribution in [0.1, 0.15) is 17.8 Å². The Balaban J connectivity index is 2.48. The number of imidazole rings is 1. The van der Waals surface area contributed by atoms with Gasteiger partial charge in [0.25, 0.3) is 0 Å². The molecule has 0 spiro atoms. The van der Waals surface area contributed by atoms with Crippen LogP contribution in [0.25, 0.3) is 11.0 Å². The number of rotatable bonds is 2. The van der Waals surface area contributed by atoms with Crippen LogP contribution in [0.15, 0.2) is 18.2 Å². The fourth-order valence-corrected chi connectivity index (χ4v) is 1.61. The summed E-state index contributed by atoms with van der Waals surface area (Å²) in [4.78, 5) is 7.56. The predicted octanol–water partition coefficient (Wildman–Crippen LogP) is 2.33. The Morgan fingerprint density at radius 3 is 3.14 bits per heavy atom. The summed E-state index contributed by atoms with van der Waals surface area (Å²) in [5, 5.41) is 8.53. The summed E-state index contributed by atoms with van der Waals surface area (Å²) in [6, 6.07) is 8.15. The molecule has 14 heavy (non-hydrogen) atoms. The second-order valence-electron chi connectivity index (χ2n) is 3.29. The topological polar surface area (TPSA) is 52.5 Å². The number of aromatic nitrogens is 2. The Morgan fingerprint density at radius 2 is 2.36 bits per heavy atom. The van der Waals surface area contributed by atoms with Gasteiger partial charge in [-0.25, -0.2) is 4.98 Å². The summed E-state index contributed by atoms with van der Waals surface area (Å²) >= 11 is 0. The minimum atomic E-state index is 0.553. The Labute approximate surface area is 82.4 Å². The number of benzene rings is 1. The maximum absolute atomic E-state index is 8.53. The van der Waals surface area contributed by atoms with E-state index in [1.807, 2.05) is 25.1 Å². The molecule has 0 fully saturated rings. The molecule has 0 aliphatic carbocycles. The number of aromatic amines is 1. The predicted molar refractivity (Wildman–Crippen MR) is 54.8 cm³/mol. The van der Waals surface area contributed by atoms with Crippen molar-refractivity contribution in [3.63, 3.8) is 0 Å². The van der Waals surface area contributed by atoms with Crippen molar-refractivity contribution in [1.82, 2.24) is 9.97 Å². The van der Waals surface area contributed by atoms with Gasteiger partial charge in [0.1, 0.15) is 5.82 Å². The van der Waals surface area contributed by atoms with Gasteiger partial charge in [0.2, 0.25) is 0 Å². The highest BCUT2D eigenvalue weighted by Crippen LogP contribution is 2.17. The van der Waals surface area contributed by atoms with Crippen molar-refractivity contribution in [1.29, 1.82) is 5.26 Å². The zero-order valence-corrected chi connectivity index (χ0v) is 8.04. The van der Waals surface area contributed by atoms with Gasteiger partial charge in [-0.05, 0) is 25.0 Å². The van der Waals surface area contributed by atoms with Crippen LogP contribution >= 0.6 is 0 Å². The van der Waals surface area contributed by atoms with Crippen LogP contribution in [0.3, 0.4) is 0 Å². The third-order valence-corrected chi connectivity index (χ3v) is 2.23. The van der Waals surface area contributed by atoms with Crippen LogP contribution in [0.4, 0.5) is 0 Å². The van der Waals surface area contributed by atoms with Crippen LogP contribution in [-0.4, -0.2) is 9.97 Å². The summed E-state index contributed by atoms with van der Waals surface area (Å²) in [6.07, 6.45) is 1.34. The molecule has 0 saturated carbocycles. The third kappa shape index (κ3) is 1.47. The van der Waals surface area contributed by atoms with E-state index >= 15 is 0 Å². The summed E-state index contributed by atoms with van der Waals surface area (Å²) in [5.74, 6) is 0.921. The van der Waals surface area contributed by atoms with Crippen molar-refractivity contribution in [3.8, 4) is 6.07 Å². The Bertz CT molecular complexity index is 491. The van der Waals surface area contributed by atoms with Gasteiger partial charge < -0.3 is 4.98 Å². The minimum Gasteiger partial charge on any atom is -0.342 e. The molecule has 0 amide bonds. The Kier molecular flexibility index (Phi) is 2.19. The Hall–Kier alpha value is -1.82. The highest BCUT2D eigenvalue weighted by atomic mass is 14.9. The number of nitriles is 1. The monoisotopic (exact) mass is 185 g/mol. The van der Waals surface area contributed by atoms with Gasteiger partial charge >= 0.3 is 0 Å². The lowest BCUT2D eigenvalue weighted by Crippen LogP contribution is -1.85. The highest BCUT2D eigenvalue weighted by molar-refractivity contribution is 5.78. The fourth-order valence-electron chi connectivity index (χ4n) is 1.61. The van der Waals surface area contributed by atoms with E-state index < -0.39 is 0 Å².